The Kier molecular flexibility index (Phi) is 8.49. The number of anilines is 1. The number of hydrogen-bond acceptors (Lipinski definition) is 7. The van der Waals surface area contributed by atoms with Crippen LogP contribution in [-0.4, -0.2) is 59.3 Å². The standard InChI is InChI=1S/C30H33N3O7S2/c31-30(18-19-6-5-9-22(16-19)32-28(35)41,42(38,39)23-13-12-20-7-1-2-8-21(20)17-23)27(34)33-15-14-26(40-29(36)37)24-10-3-4-11-25(24)33/h1-2,5-9,12-13,16-17,24-26H,3-4,10-11,14-15,18,31H2,(H,36,37)(H2,32,35,41)/t24?,25?,26?,30-/m1/s1. The third-order valence-electron chi connectivity index (χ3n) is 8.34. The third-order valence-corrected chi connectivity index (χ3v) is 10.6. The minimum atomic E-state index is -4.49. The molecule has 0 aromatic heterocycles. The molecule has 3 unspecified atom stereocenters. The predicted octanol–water partition coefficient (Wildman–Crippen LogP) is 4.83. The zero-order chi connectivity index (χ0) is 30.1. The van der Waals surface area contributed by atoms with Crippen molar-refractivity contribution in [2.75, 3.05) is 11.9 Å². The summed E-state index contributed by atoms with van der Waals surface area (Å²) >= 11 is 3.75. The molecule has 0 spiro atoms. The van der Waals surface area contributed by atoms with Crippen molar-refractivity contribution in [3.63, 3.8) is 0 Å². The number of nitrogens with zero attached hydrogens (tertiary/aromatic N) is 1. The maximum atomic E-state index is 14.5. The second-order valence-electron chi connectivity index (χ2n) is 10.9. The van der Waals surface area contributed by atoms with E-state index < -0.39 is 44.2 Å². The normalized spacial score (nSPS) is 22.0. The number of fused-ring (bicyclic) bond motifs is 2. The Morgan fingerprint density at radius 3 is 2.48 bits per heavy atom. The first-order valence-corrected chi connectivity index (χ1v) is 15.7. The van der Waals surface area contributed by atoms with Crippen molar-refractivity contribution in [3.05, 3.63) is 72.3 Å². The van der Waals surface area contributed by atoms with Crippen LogP contribution in [0.2, 0.25) is 0 Å². The summed E-state index contributed by atoms with van der Waals surface area (Å²) in [5, 5.41) is 12.8. The fraction of sp³-hybridized carbons (Fsp3) is 0.367. The van der Waals surface area contributed by atoms with Gasteiger partial charge in [0.25, 0.3) is 11.1 Å². The van der Waals surface area contributed by atoms with Gasteiger partial charge in [0.05, 0.1) is 4.90 Å². The van der Waals surface area contributed by atoms with Gasteiger partial charge in [0.2, 0.25) is 14.7 Å². The van der Waals surface area contributed by atoms with Gasteiger partial charge in [-0.1, -0.05) is 67.9 Å². The summed E-state index contributed by atoms with van der Waals surface area (Å²) in [6.45, 7) is 0.111. The molecule has 0 bridgehead atoms. The van der Waals surface area contributed by atoms with E-state index in [1.807, 2.05) is 12.1 Å². The number of likely N-dealkylation sites (tertiary alicyclic amines) is 1. The van der Waals surface area contributed by atoms with E-state index in [1.165, 1.54) is 17.0 Å². The zero-order valence-corrected chi connectivity index (χ0v) is 24.5. The first kappa shape index (κ1) is 29.9. The number of carbonyl (C=O) groups is 3. The molecule has 12 heteroatoms. The Morgan fingerprint density at radius 1 is 1.00 bits per heavy atom. The molecule has 222 valence electrons. The summed E-state index contributed by atoms with van der Waals surface area (Å²) in [6.07, 6.45) is 0.848. The molecule has 4 atom stereocenters. The Bertz CT molecular complexity index is 1630. The maximum absolute atomic E-state index is 14.5. The molecule has 3 aromatic carbocycles. The van der Waals surface area contributed by atoms with Crippen LogP contribution in [0.1, 0.15) is 37.7 Å². The van der Waals surface area contributed by atoms with Crippen molar-refractivity contribution >= 4 is 56.2 Å². The van der Waals surface area contributed by atoms with Crippen LogP contribution in [0.5, 0.6) is 0 Å². The van der Waals surface area contributed by atoms with E-state index in [-0.39, 0.29) is 30.2 Å². The van der Waals surface area contributed by atoms with Crippen LogP contribution >= 0.6 is 12.6 Å². The highest BCUT2D eigenvalue weighted by Crippen LogP contribution is 2.40. The molecular weight excluding hydrogens is 578 g/mol. The average Bonchev–Trinajstić information content (AvgIpc) is 2.96. The van der Waals surface area contributed by atoms with Gasteiger partial charge < -0.3 is 25.8 Å². The summed E-state index contributed by atoms with van der Waals surface area (Å²) in [5.74, 6) is -1.00. The molecule has 5 rings (SSSR count). The van der Waals surface area contributed by atoms with Crippen molar-refractivity contribution < 1.29 is 32.6 Å². The van der Waals surface area contributed by atoms with E-state index >= 15 is 0 Å². The number of thiol groups is 1. The van der Waals surface area contributed by atoms with Crippen LogP contribution in [0.15, 0.2) is 71.6 Å². The topological polar surface area (TPSA) is 156 Å². The number of carbonyl (C=O) groups excluding carboxylic acids is 2. The smallest absolute Gasteiger partial charge is 0.450 e. The van der Waals surface area contributed by atoms with Gasteiger partial charge in [0.1, 0.15) is 6.10 Å². The fourth-order valence-electron chi connectivity index (χ4n) is 6.39. The quantitative estimate of drug-likeness (QED) is 0.219. The molecule has 1 aliphatic carbocycles. The molecule has 1 heterocycles. The van der Waals surface area contributed by atoms with Gasteiger partial charge >= 0.3 is 6.16 Å². The highest BCUT2D eigenvalue weighted by molar-refractivity contribution is 7.96. The molecule has 3 aromatic rings. The third kappa shape index (κ3) is 5.83. The summed E-state index contributed by atoms with van der Waals surface area (Å²) in [4.78, 5) is 36.5. The molecule has 10 nitrogen and oxygen atoms in total. The number of rotatable bonds is 7. The van der Waals surface area contributed by atoms with Crippen molar-refractivity contribution in [1.82, 2.24) is 4.90 Å². The van der Waals surface area contributed by atoms with Crippen LogP contribution in [0.4, 0.5) is 15.3 Å². The molecule has 2 amide bonds. The minimum Gasteiger partial charge on any atom is -0.450 e. The molecule has 42 heavy (non-hydrogen) atoms. The van der Waals surface area contributed by atoms with Crippen LogP contribution in [0, 0.1) is 5.92 Å². The lowest BCUT2D eigenvalue weighted by Crippen LogP contribution is -2.66. The molecule has 0 radical (unpaired) electrons. The SMILES string of the molecule is N[C@@](Cc1cccc(NC(=O)S)c1)(C(=O)N1CCC(OC(=O)O)C2CCCCC21)S(=O)(=O)c1ccc2ccccc2c1. The van der Waals surface area contributed by atoms with Gasteiger partial charge in [-0.15, -0.1) is 0 Å². The molecule has 2 aliphatic rings. The lowest BCUT2D eigenvalue weighted by molar-refractivity contribution is -0.145. The van der Waals surface area contributed by atoms with Gasteiger partial charge in [0, 0.05) is 37.0 Å². The van der Waals surface area contributed by atoms with E-state index in [2.05, 4.69) is 17.9 Å². The number of piperidine rings is 1. The predicted molar refractivity (Wildman–Crippen MR) is 161 cm³/mol. The molecule has 1 saturated heterocycles. The second kappa shape index (κ2) is 11.9. The van der Waals surface area contributed by atoms with Crippen molar-refractivity contribution in [2.45, 2.75) is 60.4 Å². The van der Waals surface area contributed by atoms with Gasteiger partial charge in [-0.05, 0) is 53.4 Å². The summed E-state index contributed by atoms with van der Waals surface area (Å²) < 4.78 is 34.1. The number of nitrogens with one attached hydrogen (secondary N) is 1. The highest BCUT2D eigenvalue weighted by atomic mass is 32.2. The number of amides is 2. The van der Waals surface area contributed by atoms with E-state index in [0.29, 0.717) is 29.5 Å². The lowest BCUT2D eigenvalue weighted by atomic mass is 9.76. The average molecular weight is 612 g/mol. The first-order valence-electron chi connectivity index (χ1n) is 13.8. The van der Waals surface area contributed by atoms with E-state index in [1.54, 1.807) is 42.5 Å². The van der Waals surface area contributed by atoms with Crippen molar-refractivity contribution in [1.29, 1.82) is 0 Å². The number of nitrogens with two attached hydrogens (primary N) is 1. The van der Waals surface area contributed by atoms with Crippen LogP contribution in [-0.2, 0) is 25.8 Å². The molecule has 4 N–H and O–H groups in total. The largest absolute Gasteiger partial charge is 0.506 e. The number of ether oxygens (including phenoxy) is 1. The number of hydrogen-bond donors (Lipinski definition) is 4. The number of benzene rings is 3. The Hall–Kier alpha value is -3.61. The van der Waals surface area contributed by atoms with E-state index in [9.17, 15) is 27.9 Å². The zero-order valence-electron chi connectivity index (χ0n) is 22.8. The molecule has 1 saturated carbocycles. The monoisotopic (exact) mass is 611 g/mol. The molecule has 2 fully saturated rings. The highest BCUT2D eigenvalue weighted by Gasteiger charge is 2.54. The van der Waals surface area contributed by atoms with Gasteiger partial charge in [-0.2, -0.15) is 0 Å². The second-order valence-corrected chi connectivity index (χ2v) is 13.5. The van der Waals surface area contributed by atoms with Crippen molar-refractivity contribution in [3.8, 4) is 0 Å². The van der Waals surface area contributed by atoms with E-state index in [4.69, 9.17) is 10.5 Å². The first-order chi connectivity index (χ1) is 20.0. The van der Waals surface area contributed by atoms with Gasteiger partial charge in [0.15, 0.2) is 0 Å². The number of sulfone groups is 1. The molecular formula is C30H33N3O7S2. The van der Waals surface area contributed by atoms with Crippen molar-refractivity contribution in [2.24, 2.45) is 11.7 Å². The van der Waals surface area contributed by atoms with Crippen LogP contribution in [0.25, 0.3) is 10.8 Å². The van der Waals surface area contributed by atoms with Crippen LogP contribution in [0.3, 0.4) is 0 Å². The Balaban J connectivity index is 1.57. The number of carboxylic acid groups (broad SMARTS) is 1. The van der Waals surface area contributed by atoms with Gasteiger partial charge in [-0.3, -0.25) is 9.59 Å². The van der Waals surface area contributed by atoms with Gasteiger partial charge in [-0.25, -0.2) is 13.2 Å². The Labute approximate surface area is 249 Å². The lowest BCUT2D eigenvalue weighted by Gasteiger charge is -2.49. The molecule has 1 aliphatic heterocycles. The summed E-state index contributed by atoms with van der Waals surface area (Å²) in [5.41, 5.74) is 7.65. The van der Waals surface area contributed by atoms with E-state index in [0.717, 1.165) is 18.2 Å². The Morgan fingerprint density at radius 2 is 1.74 bits per heavy atom. The fourth-order valence-corrected chi connectivity index (χ4v) is 8.18. The van der Waals surface area contributed by atoms with Crippen LogP contribution < -0.4 is 11.1 Å². The summed E-state index contributed by atoms with van der Waals surface area (Å²) in [7, 11) is -4.49. The minimum absolute atomic E-state index is 0.0823. The summed E-state index contributed by atoms with van der Waals surface area (Å²) in [6, 6.07) is 18.0. The maximum Gasteiger partial charge on any atom is 0.506 e.